The van der Waals surface area contributed by atoms with E-state index in [1.165, 1.54) is 17.1 Å². The van der Waals surface area contributed by atoms with Crippen molar-refractivity contribution in [2.45, 2.75) is 31.7 Å². The van der Waals surface area contributed by atoms with Crippen molar-refractivity contribution in [1.29, 1.82) is 0 Å². The Morgan fingerprint density at radius 2 is 2.12 bits per heavy atom. The summed E-state index contributed by atoms with van der Waals surface area (Å²) in [7, 11) is 0. The Kier molecular flexibility index (Phi) is 4.16. The van der Waals surface area contributed by atoms with Gasteiger partial charge in [0.25, 0.3) is 0 Å². The lowest BCUT2D eigenvalue weighted by atomic mass is 9.90. The first kappa shape index (κ1) is 16.3. The van der Waals surface area contributed by atoms with Crippen LogP contribution in [0.15, 0.2) is 30.6 Å². The predicted octanol–water partition coefficient (Wildman–Crippen LogP) is 1.49. The Hall–Kier alpha value is -2.58. The molecule has 0 unspecified atom stereocenters. The third-order valence-corrected chi connectivity index (χ3v) is 3.80. The van der Waals surface area contributed by atoms with Crippen LogP contribution in [0.5, 0.6) is 5.75 Å². The number of halogens is 3. The van der Waals surface area contributed by atoms with E-state index in [-0.39, 0.29) is 31.0 Å². The number of fused-ring (bicyclic) bond motifs is 1. The molecule has 0 radical (unpaired) electrons. The van der Waals surface area contributed by atoms with Gasteiger partial charge in [-0.25, -0.2) is 4.98 Å². The number of nitrogens with zero attached hydrogens (tertiary/aromatic N) is 3. The van der Waals surface area contributed by atoms with Gasteiger partial charge in [0.2, 0.25) is 5.91 Å². The van der Waals surface area contributed by atoms with E-state index in [1.807, 2.05) is 0 Å². The fourth-order valence-electron chi connectivity index (χ4n) is 2.80. The number of carbonyl (C=O) groups excluding carboxylic acids is 1. The molecule has 2 aromatic rings. The van der Waals surface area contributed by atoms with Gasteiger partial charge in [-0.15, -0.1) is 0 Å². The highest BCUT2D eigenvalue weighted by atomic mass is 19.4. The first-order chi connectivity index (χ1) is 11.3. The average molecular weight is 340 g/mol. The molecule has 2 N–H and O–H groups in total. The molecule has 2 atom stereocenters. The summed E-state index contributed by atoms with van der Waals surface area (Å²) in [5.74, 6) is -1.01. The van der Waals surface area contributed by atoms with Crippen LogP contribution in [0.1, 0.15) is 11.4 Å². The molecule has 2 heterocycles. The van der Waals surface area contributed by atoms with Gasteiger partial charge in [0.15, 0.2) is 11.9 Å². The SMILES string of the molecule is NC(=O)Cc1ncn(C[C@@H]2Cc3ccccc3O[C@H]2C(F)(F)F)n1. The van der Waals surface area contributed by atoms with Crippen LogP contribution in [0.4, 0.5) is 13.2 Å². The molecular weight excluding hydrogens is 325 g/mol. The summed E-state index contributed by atoms with van der Waals surface area (Å²) in [5, 5.41) is 4.00. The van der Waals surface area contributed by atoms with Crippen molar-refractivity contribution in [3.63, 3.8) is 0 Å². The molecule has 0 saturated carbocycles. The number of primary amides is 1. The Labute approximate surface area is 135 Å². The molecule has 3 rings (SSSR count). The Morgan fingerprint density at radius 1 is 1.38 bits per heavy atom. The van der Waals surface area contributed by atoms with Crippen molar-refractivity contribution in [3.8, 4) is 5.75 Å². The van der Waals surface area contributed by atoms with Gasteiger partial charge in [-0.05, 0) is 18.1 Å². The van der Waals surface area contributed by atoms with Crippen molar-refractivity contribution >= 4 is 5.91 Å². The van der Waals surface area contributed by atoms with E-state index in [4.69, 9.17) is 10.5 Å². The Balaban J connectivity index is 1.82. The second-order valence-corrected chi connectivity index (χ2v) is 5.68. The normalized spacial score (nSPS) is 20.3. The van der Waals surface area contributed by atoms with Gasteiger partial charge < -0.3 is 10.5 Å². The molecule has 0 spiro atoms. The molecule has 9 heteroatoms. The lowest BCUT2D eigenvalue weighted by Crippen LogP contribution is -2.46. The van der Waals surface area contributed by atoms with E-state index < -0.39 is 24.1 Å². The molecule has 6 nitrogen and oxygen atoms in total. The Bertz CT molecular complexity index is 744. The largest absolute Gasteiger partial charge is 0.480 e. The minimum atomic E-state index is -4.49. The van der Waals surface area contributed by atoms with Crippen molar-refractivity contribution in [3.05, 3.63) is 42.0 Å². The maximum Gasteiger partial charge on any atom is 0.425 e. The standard InChI is InChI=1S/C15H15F3N4O2/c16-15(17,18)14-10(5-9-3-1-2-4-11(9)24-14)7-22-8-20-13(21-22)6-12(19)23/h1-4,8,10,14H,5-7H2,(H2,19,23)/t10-,14+/m0/s1. The van der Waals surface area contributed by atoms with E-state index in [0.717, 1.165) is 5.56 Å². The summed E-state index contributed by atoms with van der Waals surface area (Å²) in [4.78, 5) is 14.7. The third-order valence-electron chi connectivity index (χ3n) is 3.80. The Morgan fingerprint density at radius 3 is 2.83 bits per heavy atom. The van der Waals surface area contributed by atoms with Gasteiger partial charge in [-0.1, -0.05) is 18.2 Å². The van der Waals surface area contributed by atoms with Crippen molar-refractivity contribution in [2.24, 2.45) is 11.7 Å². The molecule has 1 aromatic carbocycles. The molecule has 0 fully saturated rings. The number of para-hydroxylation sites is 1. The molecular formula is C15H15F3N4O2. The van der Waals surface area contributed by atoms with Crippen LogP contribution in [0.3, 0.4) is 0 Å². The third kappa shape index (κ3) is 3.50. The number of nitrogens with two attached hydrogens (primary N) is 1. The molecule has 1 amide bonds. The number of carbonyl (C=O) groups is 1. The van der Waals surface area contributed by atoms with Gasteiger partial charge in [0.1, 0.15) is 12.1 Å². The van der Waals surface area contributed by atoms with Crippen molar-refractivity contribution in [1.82, 2.24) is 14.8 Å². The summed E-state index contributed by atoms with van der Waals surface area (Å²) >= 11 is 0. The summed E-state index contributed by atoms with van der Waals surface area (Å²) in [6.07, 6.45) is -5.05. The topological polar surface area (TPSA) is 83.0 Å². The number of benzene rings is 1. The van der Waals surface area contributed by atoms with Crippen LogP contribution < -0.4 is 10.5 Å². The number of hydrogen-bond donors (Lipinski definition) is 1. The number of hydrogen-bond acceptors (Lipinski definition) is 4. The first-order valence-electron chi connectivity index (χ1n) is 7.31. The second kappa shape index (κ2) is 6.14. The minimum absolute atomic E-state index is 0.0235. The van der Waals surface area contributed by atoms with Crippen LogP contribution in [0, 0.1) is 5.92 Å². The number of amides is 1. The molecule has 1 aliphatic heterocycles. The summed E-state index contributed by atoms with van der Waals surface area (Å²) < 4.78 is 46.5. The first-order valence-corrected chi connectivity index (χ1v) is 7.31. The number of ether oxygens (including phenoxy) is 1. The highest BCUT2D eigenvalue weighted by Crippen LogP contribution is 2.38. The van der Waals surface area contributed by atoms with Crippen LogP contribution in [0.25, 0.3) is 0 Å². The van der Waals surface area contributed by atoms with E-state index in [1.54, 1.807) is 18.2 Å². The van der Waals surface area contributed by atoms with Gasteiger partial charge in [0, 0.05) is 12.5 Å². The lowest BCUT2D eigenvalue weighted by Gasteiger charge is -2.34. The second-order valence-electron chi connectivity index (χ2n) is 5.68. The summed E-state index contributed by atoms with van der Waals surface area (Å²) in [5.41, 5.74) is 5.78. The fraction of sp³-hybridized carbons (Fsp3) is 0.400. The monoisotopic (exact) mass is 340 g/mol. The van der Waals surface area contributed by atoms with E-state index in [9.17, 15) is 18.0 Å². The van der Waals surface area contributed by atoms with Crippen LogP contribution in [0.2, 0.25) is 0 Å². The number of alkyl halides is 3. The fourth-order valence-corrected chi connectivity index (χ4v) is 2.80. The average Bonchev–Trinajstić information content (AvgIpc) is 2.91. The quantitative estimate of drug-likeness (QED) is 0.914. The minimum Gasteiger partial charge on any atom is -0.480 e. The zero-order valence-electron chi connectivity index (χ0n) is 12.5. The lowest BCUT2D eigenvalue weighted by molar-refractivity contribution is -0.215. The maximum atomic E-state index is 13.3. The highest BCUT2D eigenvalue weighted by molar-refractivity contribution is 5.75. The zero-order valence-corrected chi connectivity index (χ0v) is 12.5. The van der Waals surface area contributed by atoms with Gasteiger partial charge in [0.05, 0.1) is 6.42 Å². The molecule has 0 aliphatic carbocycles. The van der Waals surface area contributed by atoms with Crippen LogP contribution in [-0.4, -0.2) is 33.0 Å². The van der Waals surface area contributed by atoms with E-state index in [0.29, 0.717) is 0 Å². The maximum absolute atomic E-state index is 13.3. The summed E-state index contributed by atoms with van der Waals surface area (Å²) in [6, 6.07) is 6.67. The number of aromatic nitrogens is 3. The molecule has 0 saturated heterocycles. The molecule has 128 valence electrons. The molecule has 0 bridgehead atoms. The van der Waals surface area contributed by atoms with Gasteiger partial charge >= 0.3 is 6.18 Å². The smallest absolute Gasteiger partial charge is 0.425 e. The van der Waals surface area contributed by atoms with E-state index in [2.05, 4.69) is 10.1 Å². The van der Waals surface area contributed by atoms with Crippen molar-refractivity contribution in [2.75, 3.05) is 0 Å². The summed E-state index contributed by atoms with van der Waals surface area (Å²) in [6.45, 7) is -0.0235. The zero-order chi connectivity index (χ0) is 17.3. The van der Waals surface area contributed by atoms with Crippen molar-refractivity contribution < 1.29 is 22.7 Å². The van der Waals surface area contributed by atoms with E-state index >= 15 is 0 Å². The van der Waals surface area contributed by atoms with Gasteiger partial charge in [-0.2, -0.15) is 18.3 Å². The van der Waals surface area contributed by atoms with Gasteiger partial charge in [-0.3, -0.25) is 9.48 Å². The molecule has 24 heavy (non-hydrogen) atoms. The molecule has 1 aliphatic rings. The number of rotatable bonds is 4. The van der Waals surface area contributed by atoms with Crippen LogP contribution >= 0.6 is 0 Å². The highest BCUT2D eigenvalue weighted by Gasteiger charge is 2.49. The molecule has 1 aromatic heterocycles. The predicted molar refractivity (Wildman–Crippen MR) is 77.0 cm³/mol. The van der Waals surface area contributed by atoms with Crippen LogP contribution in [-0.2, 0) is 24.2 Å².